The second kappa shape index (κ2) is 8.69. The summed E-state index contributed by atoms with van der Waals surface area (Å²) in [5, 5.41) is 0. The van der Waals surface area contributed by atoms with E-state index < -0.39 is 17.9 Å². The number of amides is 2. The van der Waals surface area contributed by atoms with Crippen LogP contribution in [-0.4, -0.2) is 41.8 Å². The molecule has 0 spiro atoms. The number of ketones is 1. The predicted octanol–water partition coefficient (Wildman–Crippen LogP) is 3.50. The molecule has 0 aliphatic carbocycles. The van der Waals surface area contributed by atoms with Gasteiger partial charge in [-0.3, -0.25) is 19.3 Å². The van der Waals surface area contributed by atoms with Crippen molar-refractivity contribution in [3.8, 4) is 11.5 Å². The lowest BCUT2D eigenvalue weighted by atomic mass is 10.1. The van der Waals surface area contributed by atoms with Crippen molar-refractivity contribution in [1.29, 1.82) is 0 Å². The first-order valence-electron chi connectivity index (χ1n) is 9.42. The molecule has 0 saturated heterocycles. The monoisotopic (exact) mass is 381 g/mol. The molecule has 2 aromatic rings. The van der Waals surface area contributed by atoms with Gasteiger partial charge in [-0.05, 0) is 49.7 Å². The van der Waals surface area contributed by atoms with Crippen LogP contribution in [0.3, 0.4) is 0 Å². The van der Waals surface area contributed by atoms with Crippen LogP contribution < -0.4 is 9.47 Å². The van der Waals surface area contributed by atoms with E-state index in [-0.39, 0.29) is 17.9 Å². The van der Waals surface area contributed by atoms with Gasteiger partial charge in [0.2, 0.25) is 0 Å². The molecule has 2 aromatic carbocycles. The lowest BCUT2D eigenvalue weighted by Crippen LogP contribution is -2.45. The highest BCUT2D eigenvalue weighted by Crippen LogP contribution is 2.27. The molecule has 0 N–H and O–H groups in total. The summed E-state index contributed by atoms with van der Waals surface area (Å²) in [4.78, 5) is 39.6. The summed E-state index contributed by atoms with van der Waals surface area (Å²) in [6.45, 7) is 4.01. The van der Waals surface area contributed by atoms with Gasteiger partial charge in [0, 0.05) is 5.56 Å². The number of hydrogen-bond donors (Lipinski definition) is 0. The SMILES string of the molecule is CCCC1Oc2ccccc2C(=O)N(CC(=O)c2ccc(OCC)cc2)C1=O. The van der Waals surface area contributed by atoms with Gasteiger partial charge in [-0.2, -0.15) is 0 Å². The van der Waals surface area contributed by atoms with Gasteiger partial charge in [0.25, 0.3) is 11.8 Å². The maximum Gasteiger partial charge on any atom is 0.270 e. The first kappa shape index (κ1) is 19.6. The zero-order valence-corrected chi connectivity index (χ0v) is 16.0. The fourth-order valence-corrected chi connectivity index (χ4v) is 3.10. The van der Waals surface area contributed by atoms with Crippen LogP contribution in [-0.2, 0) is 4.79 Å². The van der Waals surface area contributed by atoms with Crippen molar-refractivity contribution in [3.05, 3.63) is 59.7 Å². The molecule has 1 aliphatic heterocycles. The number of carbonyl (C=O) groups excluding carboxylic acids is 3. The molecule has 6 heteroatoms. The molecule has 1 heterocycles. The molecule has 1 aliphatic rings. The molecule has 3 rings (SSSR count). The van der Waals surface area contributed by atoms with Gasteiger partial charge in [0.1, 0.15) is 11.5 Å². The number of imide groups is 1. The quantitative estimate of drug-likeness (QED) is 0.542. The third-order valence-corrected chi connectivity index (χ3v) is 4.51. The number of para-hydroxylation sites is 1. The van der Waals surface area contributed by atoms with Crippen molar-refractivity contribution in [3.63, 3.8) is 0 Å². The van der Waals surface area contributed by atoms with Crippen LogP contribution in [0.25, 0.3) is 0 Å². The van der Waals surface area contributed by atoms with Gasteiger partial charge in [0.15, 0.2) is 11.9 Å². The molecule has 0 saturated carbocycles. The summed E-state index contributed by atoms with van der Waals surface area (Å²) < 4.78 is 11.2. The van der Waals surface area contributed by atoms with E-state index in [4.69, 9.17) is 9.47 Å². The summed E-state index contributed by atoms with van der Waals surface area (Å²) >= 11 is 0. The third-order valence-electron chi connectivity index (χ3n) is 4.51. The fraction of sp³-hybridized carbons (Fsp3) is 0.318. The molecule has 0 aromatic heterocycles. The van der Waals surface area contributed by atoms with Crippen molar-refractivity contribution in [1.82, 2.24) is 4.90 Å². The van der Waals surface area contributed by atoms with Crippen LogP contribution >= 0.6 is 0 Å². The van der Waals surface area contributed by atoms with Gasteiger partial charge >= 0.3 is 0 Å². The van der Waals surface area contributed by atoms with Crippen LogP contribution in [0.5, 0.6) is 11.5 Å². The Morgan fingerprint density at radius 1 is 1.07 bits per heavy atom. The lowest BCUT2D eigenvalue weighted by molar-refractivity contribution is -0.135. The Labute approximate surface area is 164 Å². The van der Waals surface area contributed by atoms with E-state index in [1.807, 2.05) is 13.8 Å². The van der Waals surface area contributed by atoms with Gasteiger partial charge in [-0.15, -0.1) is 0 Å². The minimum absolute atomic E-state index is 0.286. The number of nitrogens with zero attached hydrogens (tertiary/aromatic N) is 1. The summed E-state index contributed by atoms with van der Waals surface area (Å²) in [6, 6.07) is 13.4. The number of rotatable bonds is 7. The number of Topliss-reactive ketones (excluding diaryl/α,β-unsaturated/α-hetero) is 1. The maximum atomic E-state index is 13.0. The van der Waals surface area contributed by atoms with Crippen LogP contribution in [0, 0.1) is 0 Å². The van der Waals surface area contributed by atoms with E-state index in [0.717, 1.165) is 4.90 Å². The third kappa shape index (κ3) is 4.06. The summed E-state index contributed by atoms with van der Waals surface area (Å²) in [6.07, 6.45) is 0.396. The Morgan fingerprint density at radius 3 is 2.46 bits per heavy atom. The van der Waals surface area contributed by atoms with E-state index in [2.05, 4.69) is 0 Å². The van der Waals surface area contributed by atoms with Crippen molar-refractivity contribution < 1.29 is 23.9 Å². The molecule has 0 bridgehead atoms. The number of ether oxygens (including phenoxy) is 2. The minimum atomic E-state index is -0.786. The fourth-order valence-electron chi connectivity index (χ4n) is 3.10. The first-order valence-corrected chi connectivity index (χ1v) is 9.42. The summed E-state index contributed by atoms with van der Waals surface area (Å²) in [7, 11) is 0. The van der Waals surface area contributed by atoms with Crippen LogP contribution in [0.4, 0.5) is 0 Å². The van der Waals surface area contributed by atoms with Crippen molar-refractivity contribution >= 4 is 17.6 Å². The topological polar surface area (TPSA) is 72.9 Å². The smallest absolute Gasteiger partial charge is 0.270 e. The van der Waals surface area contributed by atoms with E-state index in [9.17, 15) is 14.4 Å². The van der Waals surface area contributed by atoms with Gasteiger partial charge < -0.3 is 9.47 Å². The van der Waals surface area contributed by atoms with Gasteiger partial charge in [-0.25, -0.2) is 0 Å². The predicted molar refractivity (Wildman–Crippen MR) is 104 cm³/mol. The molecule has 2 amide bonds. The van der Waals surface area contributed by atoms with Crippen LogP contribution in [0.2, 0.25) is 0 Å². The molecule has 0 fully saturated rings. The normalized spacial score (nSPS) is 16.2. The highest BCUT2D eigenvalue weighted by Gasteiger charge is 2.36. The molecular formula is C22H23NO5. The molecule has 146 valence electrons. The van der Waals surface area contributed by atoms with Crippen LogP contribution in [0.15, 0.2) is 48.5 Å². The number of carbonyl (C=O) groups is 3. The Kier molecular flexibility index (Phi) is 6.09. The van der Waals surface area contributed by atoms with Crippen molar-refractivity contribution in [2.75, 3.05) is 13.2 Å². The zero-order valence-electron chi connectivity index (χ0n) is 16.0. The van der Waals surface area contributed by atoms with E-state index in [1.54, 1.807) is 48.5 Å². The molecular weight excluding hydrogens is 358 g/mol. The van der Waals surface area contributed by atoms with Gasteiger partial charge in [0.05, 0.1) is 18.7 Å². The standard InChI is InChI=1S/C22H23NO5/c1-3-7-20-22(26)23(21(25)17-8-5-6-9-19(17)28-20)14-18(24)15-10-12-16(13-11-15)27-4-2/h5-6,8-13,20H,3-4,7,14H2,1-2H3. The highest BCUT2D eigenvalue weighted by atomic mass is 16.5. The van der Waals surface area contributed by atoms with Crippen LogP contribution in [0.1, 0.15) is 47.4 Å². The summed E-state index contributed by atoms with van der Waals surface area (Å²) in [5.41, 5.74) is 0.698. The molecule has 28 heavy (non-hydrogen) atoms. The number of fused-ring (bicyclic) bond motifs is 1. The van der Waals surface area contributed by atoms with Crippen molar-refractivity contribution in [2.24, 2.45) is 0 Å². The van der Waals surface area contributed by atoms with E-state index >= 15 is 0 Å². The molecule has 1 atom stereocenters. The summed E-state index contributed by atoms with van der Waals surface area (Å²) in [5.74, 6) is -0.290. The molecule has 1 unspecified atom stereocenters. The second-order valence-electron chi connectivity index (χ2n) is 6.50. The minimum Gasteiger partial charge on any atom is -0.494 e. The highest BCUT2D eigenvalue weighted by molar-refractivity contribution is 6.12. The Balaban J connectivity index is 1.86. The average molecular weight is 381 g/mol. The van der Waals surface area contributed by atoms with Gasteiger partial charge in [-0.1, -0.05) is 25.5 Å². The average Bonchev–Trinajstić information content (AvgIpc) is 2.80. The second-order valence-corrected chi connectivity index (χ2v) is 6.50. The Bertz CT molecular complexity index is 875. The Morgan fingerprint density at radius 2 is 1.79 bits per heavy atom. The maximum absolute atomic E-state index is 13.0. The molecule has 6 nitrogen and oxygen atoms in total. The number of benzene rings is 2. The van der Waals surface area contributed by atoms with Crippen molar-refractivity contribution in [2.45, 2.75) is 32.8 Å². The zero-order chi connectivity index (χ0) is 20.1. The molecule has 0 radical (unpaired) electrons. The lowest BCUT2D eigenvalue weighted by Gasteiger charge is -2.21. The van der Waals surface area contributed by atoms with E-state index in [0.29, 0.717) is 36.5 Å². The van der Waals surface area contributed by atoms with E-state index in [1.165, 1.54) is 0 Å². The Hall–Kier alpha value is -3.15. The first-order chi connectivity index (χ1) is 13.5. The number of hydrogen-bond acceptors (Lipinski definition) is 5. The largest absolute Gasteiger partial charge is 0.494 e.